The van der Waals surface area contributed by atoms with Crippen LogP contribution in [0.5, 0.6) is 0 Å². The van der Waals surface area contributed by atoms with Gasteiger partial charge in [-0.1, -0.05) is 169 Å². The van der Waals surface area contributed by atoms with Crippen LogP contribution in [-0.4, -0.2) is 99.4 Å². The molecular formula is C54H102N2O8. The van der Waals surface area contributed by atoms with E-state index >= 15 is 0 Å². The SMILES string of the molecule is CCCCCC(CCCCC)CCCOC(=O)CCCCCCCOC(=O)C1CC(OC(=O)CCN(C)C)CN1CCCCCCCC(=O)OCCCC(CCCCC)CCCCC. The first kappa shape index (κ1) is 59.8. The molecule has 0 spiro atoms. The number of carbonyl (C=O) groups excluding carboxylic acids is 4. The highest BCUT2D eigenvalue weighted by atomic mass is 16.6. The van der Waals surface area contributed by atoms with Gasteiger partial charge in [0, 0.05) is 32.4 Å². The lowest BCUT2D eigenvalue weighted by atomic mass is 9.91. The molecule has 0 aliphatic carbocycles. The first-order valence-electron chi connectivity index (χ1n) is 27.2. The average molecular weight is 907 g/mol. The first-order valence-corrected chi connectivity index (χ1v) is 27.2. The average Bonchev–Trinajstić information content (AvgIpc) is 3.68. The predicted octanol–water partition coefficient (Wildman–Crippen LogP) is 13.3. The molecule has 1 aliphatic heterocycles. The minimum atomic E-state index is -0.414. The van der Waals surface area contributed by atoms with Crippen LogP contribution in [0.15, 0.2) is 0 Å². The minimum absolute atomic E-state index is 0.0740. The summed E-state index contributed by atoms with van der Waals surface area (Å²) in [6, 6.07) is -0.414. The number of carbonyl (C=O) groups is 4. The molecule has 0 aromatic carbocycles. The Balaban J connectivity index is 2.34. The van der Waals surface area contributed by atoms with Crippen molar-refractivity contribution in [3.05, 3.63) is 0 Å². The number of ether oxygens (including phenoxy) is 4. The molecular weight excluding hydrogens is 805 g/mol. The maximum absolute atomic E-state index is 13.3. The van der Waals surface area contributed by atoms with Gasteiger partial charge in [0.15, 0.2) is 0 Å². The van der Waals surface area contributed by atoms with Crippen molar-refractivity contribution in [3.63, 3.8) is 0 Å². The van der Waals surface area contributed by atoms with Crippen LogP contribution < -0.4 is 0 Å². The number of rotatable bonds is 45. The van der Waals surface area contributed by atoms with Crippen LogP contribution in [0.4, 0.5) is 0 Å². The Morgan fingerprint density at radius 2 is 0.906 bits per heavy atom. The summed E-state index contributed by atoms with van der Waals surface area (Å²) in [5.74, 6) is 0.917. The van der Waals surface area contributed by atoms with Crippen LogP contribution in [-0.2, 0) is 38.1 Å². The highest BCUT2D eigenvalue weighted by molar-refractivity contribution is 5.76. The van der Waals surface area contributed by atoms with E-state index in [0.717, 1.165) is 108 Å². The van der Waals surface area contributed by atoms with E-state index in [4.69, 9.17) is 18.9 Å². The van der Waals surface area contributed by atoms with Gasteiger partial charge in [0.05, 0.1) is 26.2 Å². The Morgan fingerprint density at radius 3 is 1.38 bits per heavy atom. The number of nitrogens with zero attached hydrogens (tertiary/aromatic N) is 2. The van der Waals surface area contributed by atoms with Crippen LogP contribution in [0.3, 0.4) is 0 Å². The lowest BCUT2D eigenvalue weighted by Crippen LogP contribution is -2.38. The molecule has 0 bridgehead atoms. The second-order valence-corrected chi connectivity index (χ2v) is 19.6. The van der Waals surface area contributed by atoms with E-state index in [1.54, 1.807) is 0 Å². The lowest BCUT2D eigenvalue weighted by Gasteiger charge is -2.22. The highest BCUT2D eigenvalue weighted by Crippen LogP contribution is 2.25. The maximum Gasteiger partial charge on any atom is 0.323 e. The van der Waals surface area contributed by atoms with Crippen molar-refractivity contribution in [2.45, 2.75) is 258 Å². The zero-order valence-corrected chi connectivity index (χ0v) is 42.8. The number of hydrogen-bond acceptors (Lipinski definition) is 10. The molecule has 1 saturated heterocycles. The number of esters is 4. The van der Waals surface area contributed by atoms with Gasteiger partial charge in [-0.25, -0.2) is 0 Å². The van der Waals surface area contributed by atoms with Crippen molar-refractivity contribution in [1.82, 2.24) is 9.80 Å². The summed E-state index contributed by atoms with van der Waals surface area (Å²) in [7, 11) is 3.87. The van der Waals surface area contributed by atoms with Crippen molar-refractivity contribution in [2.24, 2.45) is 11.8 Å². The molecule has 0 radical (unpaired) electrons. The van der Waals surface area contributed by atoms with Crippen LogP contribution in [0.2, 0.25) is 0 Å². The molecule has 1 fully saturated rings. The standard InChI is InChI=1S/C54H102N2O8/c1-7-11-21-31-47(32-22-12-8-2)35-29-43-61-51(57)37-25-17-15-19-27-40-56-46-49(64-53(59)39-41-55(5)6)45-50(56)54(60)63-42-28-20-16-18-26-38-52(58)62-44-30-36-48(33-23-13-9-3)34-24-14-10-4/h47-50H,7-46H2,1-6H3. The third-order valence-electron chi connectivity index (χ3n) is 13.2. The van der Waals surface area contributed by atoms with E-state index in [0.29, 0.717) is 58.6 Å². The quantitative estimate of drug-likeness (QED) is 0.0333. The molecule has 0 amide bonds. The van der Waals surface area contributed by atoms with E-state index in [1.165, 1.54) is 103 Å². The second-order valence-electron chi connectivity index (χ2n) is 19.6. The van der Waals surface area contributed by atoms with Crippen molar-refractivity contribution in [3.8, 4) is 0 Å². The number of unbranched alkanes of at least 4 members (excludes halogenated alkanes) is 16. The van der Waals surface area contributed by atoms with Crippen LogP contribution in [0.25, 0.3) is 0 Å². The number of hydrogen-bond donors (Lipinski definition) is 0. The van der Waals surface area contributed by atoms with Crippen molar-refractivity contribution < 1.29 is 38.1 Å². The van der Waals surface area contributed by atoms with Gasteiger partial charge in [-0.2, -0.15) is 0 Å². The van der Waals surface area contributed by atoms with Gasteiger partial charge in [0.1, 0.15) is 12.1 Å². The third-order valence-corrected chi connectivity index (χ3v) is 13.2. The van der Waals surface area contributed by atoms with Crippen LogP contribution in [0, 0.1) is 11.8 Å². The fraction of sp³-hybridized carbons (Fsp3) is 0.926. The molecule has 376 valence electrons. The van der Waals surface area contributed by atoms with Gasteiger partial charge in [0.2, 0.25) is 0 Å². The Hall–Kier alpha value is -2.20. The molecule has 0 aromatic rings. The van der Waals surface area contributed by atoms with E-state index in [-0.39, 0.29) is 30.0 Å². The van der Waals surface area contributed by atoms with Crippen molar-refractivity contribution in [2.75, 3.05) is 53.6 Å². The maximum atomic E-state index is 13.3. The summed E-state index contributed by atoms with van der Waals surface area (Å²) in [6.45, 7) is 12.4. The molecule has 1 heterocycles. The molecule has 2 atom stereocenters. The molecule has 0 N–H and O–H groups in total. The monoisotopic (exact) mass is 907 g/mol. The van der Waals surface area contributed by atoms with Gasteiger partial charge >= 0.3 is 23.9 Å². The first-order chi connectivity index (χ1) is 31.1. The summed E-state index contributed by atoms with van der Waals surface area (Å²) in [4.78, 5) is 54.7. The summed E-state index contributed by atoms with van der Waals surface area (Å²) in [6.07, 6.45) is 35.7. The van der Waals surface area contributed by atoms with Crippen LogP contribution >= 0.6 is 0 Å². The molecule has 1 rings (SSSR count). The van der Waals surface area contributed by atoms with E-state index < -0.39 is 6.04 Å². The van der Waals surface area contributed by atoms with E-state index in [9.17, 15) is 19.2 Å². The van der Waals surface area contributed by atoms with Crippen LogP contribution in [0.1, 0.15) is 246 Å². The van der Waals surface area contributed by atoms with Gasteiger partial charge < -0.3 is 23.8 Å². The summed E-state index contributed by atoms with van der Waals surface area (Å²) < 4.78 is 22.8. The summed E-state index contributed by atoms with van der Waals surface area (Å²) in [5.41, 5.74) is 0. The highest BCUT2D eigenvalue weighted by Gasteiger charge is 2.39. The zero-order valence-electron chi connectivity index (χ0n) is 42.8. The minimum Gasteiger partial charge on any atom is -0.466 e. The molecule has 0 saturated carbocycles. The largest absolute Gasteiger partial charge is 0.466 e. The molecule has 1 aliphatic rings. The van der Waals surface area contributed by atoms with Gasteiger partial charge in [-0.05, 0) is 83.8 Å². The molecule has 0 aromatic heterocycles. The molecule has 2 unspecified atom stereocenters. The lowest BCUT2D eigenvalue weighted by molar-refractivity contribution is -0.151. The molecule has 64 heavy (non-hydrogen) atoms. The summed E-state index contributed by atoms with van der Waals surface area (Å²) >= 11 is 0. The fourth-order valence-electron chi connectivity index (χ4n) is 9.14. The fourth-order valence-corrected chi connectivity index (χ4v) is 9.14. The predicted molar refractivity (Wildman–Crippen MR) is 263 cm³/mol. The normalized spacial score (nSPS) is 15.4. The second kappa shape index (κ2) is 42.2. The van der Waals surface area contributed by atoms with Crippen molar-refractivity contribution >= 4 is 23.9 Å². The Labute approximate surface area is 394 Å². The van der Waals surface area contributed by atoms with E-state index in [1.807, 2.05) is 19.0 Å². The Kier molecular flexibility index (Phi) is 39.4. The smallest absolute Gasteiger partial charge is 0.323 e. The molecule has 10 heteroatoms. The Bertz CT molecular complexity index is 1110. The van der Waals surface area contributed by atoms with Gasteiger partial charge in [-0.3, -0.25) is 24.1 Å². The third kappa shape index (κ3) is 34.2. The number of likely N-dealkylation sites (tertiary alicyclic amines) is 1. The van der Waals surface area contributed by atoms with Gasteiger partial charge in [-0.15, -0.1) is 0 Å². The zero-order chi connectivity index (χ0) is 46.9. The topological polar surface area (TPSA) is 112 Å². The van der Waals surface area contributed by atoms with Gasteiger partial charge in [0.25, 0.3) is 0 Å². The Morgan fingerprint density at radius 1 is 0.484 bits per heavy atom. The molecule has 10 nitrogen and oxygen atoms in total. The van der Waals surface area contributed by atoms with E-state index in [2.05, 4.69) is 32.6 Å². The van der Waals surface area contributed by atoms with Crippen molar-refractivity contribution in [1.29, 1.82) is 0 Å². The summed E-state index contributed by atoms with van der Waals surface area (Å²) in [5, 5.41) is 0.